The lowest BCUT2D eigenvalue weighted by Crippen LogP contribution is -2.24. The number of tetrazole rings is 1. The maximum Gasteiger partial charge on any atom is 0.165 e. The minimum Gasteiger partial charge on any atom is -0.493 e. The molecular weight excluding hydrogens is 386 g/mol. The molecule has 0 aliphatic heterocycles. The van der Waals surface area contributed by atoms with Crippen molar-refractivity contribution < 1.29 is 9.47 Å². The maximum atomic E-state index is 5.94. The highest BCUT2D eigenvalue weighted by Gasteiger charge is 2.13. The fourth-order valence-electron chi connectivity index (χ4n) is 3.03. The van der Waals surface area contributed by atoms with Crippen LogP contribution in [0.2, 0.25) is 0 Å². The van der Waals surface area contributed by atoms with Crippen molar-refractivity contribution in [3.8, 4) is 11.5 Å². The fourth-order valence-corrected chi connectivity index (χ4v) is 3.64. The number of ether oxygens (including phenoxy) is 2. The first-order chi connectivity index (χ1) is 14.2. The van der Waals surface area contributed by atoms with E-state index in [0.29, 0.717) is 13.2 Å². The van der Waals surface area contributed by atoms with E-state index in [4.69, 9.17) is 9.47 Å². The molecule has 29 heavy (non-hydrogen) atoms. The van der Waals surface area contributed by atoms with E-state index in [2.05, 4.69) is 51.8 Å². The Morgan fingerprint density at radius 2 is 2.03 bits per heavy atom. The Hall–Kier alpha value is -2.45. The lowest BCUT2D eigenvalue weighted by molar-refractivity contribution is 0.256. The summed E-state index contributed by atoms with van der Waals surface area (Å²) in [5.74, 6) is 2.42. The summed E-state index contributed by atoms with van der Waals surface area (Å²) >= 11 is 1.69. The van der Waals surface area contributed by atoms with E-state index in [1.165, 1.54) is 10.4 Å². The molecule has 0 radical (unpaired) electrons. The summed E-state index contributed by atoms with van der Waals surface area (Å²) in [7, 11) is 1.68. The van der Waals surface area contributed by atoms with Crippen molar-refractivity contribution in [3.05, 3.63) is 52.0 Å². The molecular formula is C21H29N5O2S. The van der Waals surface area contributed by atoms with Gasteiger partial charge in [-0.1, -0.05) is 32.4 Å². The van der Waals surface area contributed by atoms with Crippen molar-refractivity contribution in [1.29, 1.82) is 0 Å². The van der Waals surface area contributed by atoms with Gasteiger partial charge >= 0.3 is 0 Å². The number of hydrogen-bond donors (Lipinski definition) is 0. The monoisotopic (exact) mass is 415 g/mol. The van der Waals surface area contributed by atoms with Crippen LogP contribution >= 0.6 is 11.3 Å². The average molecular weight is 416 g/mol. The fraction of sp³-hybridized carbons (Fsp3) is 0.476. The zero-order valence-electron chi connectivity index (χ0n) is 17.4. The van der Waals surface area contributed by atoms with Gasteiger partial charge in [0.1, 0.15) is 6.61 Å². The van der Waals surface area contributed by atoms with Crippen LogP contribution in [-0.4, -0.2) is 38.8 Å². The molecule has 8 heteroatoms. The first-order valence-electron chi connectivity index (χ1n) is 10.0. The Morgan fingerprint density at radius 3 is 2.76 bits per heavy atom. The summed E-state index contributed by atoms with van der Waals surface area (Å²) in [6.07, 6.45) is 2.20. The molecule has 2 heterocycles. The van der Waals surface area contributed by atoms with Gasteiger partial charge in [-0.25, -0.2) is 4.68 Å². The zero-order chi connectivity index (χ0) is 20.5. The largest absolute Gasteiger partial charge is 0.493 e. The second kappa shape index (κ2) is 10.9. The zero-order valence-corrected chi connectivity index (χ0v) is 18.2. The number of unbranched alkanes of at least 4 members (excludes halogenated alkanes) is 1. The van der Waals surface area contributed by atoms with Crippen molar-refractivity contribution >= 4 is 11.3 Å². The van der Waals surface area contributed by atoms with E-state index in [1.807, 2.05) is 22.9 Å². The van der Waals surface area contributed by atoms with E-state index < -0.39 is 0 Å². The van der Waals surface area contributed by atoms with Crippen LogP contribution in [0.5, 0.6) is 11.5 Å². The SMILES string of the molecule is CCCCn1nnnc1CN(CC)Cc1ccc(OCc2cccs2)c(OC)c1. The molecule has 0 unspecified atom stereocenters. The third-order valence-corrected chi connectivity index (χ3v) is 5.58. The Morgan fingerprint density at radius 1 is 1.14 bits per heavy atom. The third-order valence-electron chi connectivity index (χ3n) is 4.73. The molecule has 7 nitrogen and oxygen atoms in total. The summed E-state index contributed by atoms with van der Waals surface area (Å²) in [5.41, 5.74) is 1.17. The molecule has 3 rings (SSSR count). The van der Waals surface area contributed by atoms with Gasteiger partial charge in [-0.05, 0) is 52.5 Å². The van der Waals surface area contributed by atoms with Crippen LogP contribution < -0.4 is 9.47 Å². The predicted molar refractivity (Wildman–Crippen MR) is 114 cm³/mol. The quantitative estimate of drug-likeness (QED) is 0.443. The number of nitrogens with zero attached hydrogens (tertiary/aromatic N) is 5. The van der Waals surface area contributed by atoms with Gasteiger partial charge in [0.15, 0.2) is 17.3 Å². The van der Waals surface area contributed by atoms with Crippen molar-refractivity contribution in [3.63, 3.8) is 0 Å². The first kappa shape index (κ1) is 21.3. The Labute approximate surface area is 176 Å². The van der Waals surface area contributed by atoms with Crippen molar-refractivity contribution in [2.45, 2.75) is 52.9 Å². The Kier molecular flexibility index (Phi) is 8.01. The maximum absolute atomic E-state index is 5.94. The topological polar surface area (TPSA) is 65.3 Å². The molecule has 0 N–H and O–H groups in total. The molecule has 0 fully saturated rings. The number of methoxy groups -OCH3 is 1. The first-order valence-corrected chi connectivity index (χ1v) is 10.9. The van der Waals surface area contributed by atoms with E-state index in [0.717, 1.165) is 49.8 Å². The van der Waals surface area contributed by atoms with E-state index >= 15 is 0 Å². The van der Waals surface area contributed by atoms with Crippen LogP contribution in [0.1, 0.15) is 43.0 Å². The second-order valence-electron chi connectivity index (χ2n) is 6.83. The molecule has 0 amide bonds. The molecule has 1 aromatic carbocycles. The highest BCUT2D eigenvalue weighted by atomic mass is 32.1. The number of thiophene rings is 1. The van der Waals surface area contributed by atoms with Crippen LogP contribution in [0.3, 0.4) is 0 Å². The number of aryl methyl sites for hydroxylation is 1. The van der Waals surface area contributed by atoms with Crippen LogP contribution in [0, 0.1) is 0 Å². The summed E-state index contributed by atoms with van der Waals surface area (Å²) < 4.78 is 13.4. The summed E-state index contributed by atoms with van der Waals surface area (Å²) in [4.78, 5) is 3.50. The molecule has 0 spiro atoms. The number of aromatic nitrogens is 4. The van der Waals surface area contributed by atoms with Gasteiger partial charge < -0.3 is 9.47 Å². The second-order valence-corrected chi connectivity index (χ2v) is 7.86. The molecule has 0 saturated heterocycles. The van der Waals surface area contributed by atoms with Gasteiger partial charge in [-0.2, -0.15) is 0 Å². The standard InChI is InChI=1S/C21H29N5O2S/c1-4-6-11-26-21(22-23-24-26)15-25(5-2)14-17-9-10-19(20(13-17)27-3)28-16-18-8-7-12-29-18/h7-10,12-13H,4-6,11,14-16H2,1-3H3. The van der Waals surface area contributed by atoms with Crippen LogP contribution in [0.25, 0.3) is 0 Å². The normalized spacial score (nSPS) is 11.2. The van der Waals surface area contributed by atoms with Crippen LogP contribution in [0.15, 0.2) is 35.7 Å². The molecule has 2 aromatic heterocycles. The average Bonchev–Trinajstić information content (AvgIpc) is 3.42. The Balaban J connectivity index is 1.64. The molecule has 0 atom stereocenters. The third kappa shape index (κ3) is 6.01. The van der Waals surface area contributed by atoms with E-state index in [1.54, 1.807) is 18.4 Å². The van der Waals surface area contributed by atoms with Crippen LogP contribution in [-0.2, 0) is 26.2 Å². The van der Waals surface area contributed by atoms with Crippen molar-refractivity contribution in [1.82, 2.24) is 25.1 Å². The van der Waals surface area contributed by atoms with Crippen LogP contribution in [0.4, 0.5) is 0 Å². The number of benzene rings is 1. The van der Waals surface area contributed by atoms with Crippen molar-refractivity contribution in [2.24, 2.45) is 0 Å². The van der Waals surface area contributed by atoms with Gasteiger partial charge in [0.2, 0.25) is 0 Å². The summed E-state index contributed by atoms with van der Waals surface area (Å²) in [5, 5.41) is 14.2. The minimum absolute atomic E-state index is 0.550. The Bertz CT molecular complexity index is 866. The lowest BCUT2D eigenvalue weighted by Gasteiger charge is -2.20. The molecule has 0 saturated carbocycles. The summed E-state index contributed by atoms with van der Waals surface area (Å²) in [6, 6.07) is 10.2. The smallest absolute Gasteiger partial charge is 0.165 e. The minimum atomic E-state index is 0.550. The van der Waals surface area contributed by atoms with Crippen molar-refractivity contribution in [2.75, 3.05) is 13.7 Å². The predicted octanol–water partition coefficient (Wildman–Crippen LogP) is 4.14. The molecule has 0 aliphatic carbocycles. The summed E-state index contributed by atoms with van der Waals surface area (Å²) in [6.45, 7) is 8.14. The number of rotatable bonds is 12. The molecule has 0 bridgehead atoms. The highest BCUT2D eigenvalue weighted by Crippen LogP contribution is 2.30. The van der Waals surface area contributed by atoms with Gasteiger partial charge in [-0.3, -0.25) is 4.90 Å². The van der Waals surface area contributed by atoms with Gasteiger partial charge in [0.05, 0.1) is 13.7 Å². The lowest BCUT2D eigenvalue weighted by atomic mass is 10.2. The molecule has 0 aliphatic rings. The molecule has 3 aromatic rings. The number of hydrogen-bond acceptors (Lipinski definition) is 7. The highest BCUT2D eigenvalue weighted by molar-refractivity contribution is 7.09. The van der Waals surface area contributed by atoms with E-state index in [-0.39, 0.29) is 0 Å². The van der Waals surface area contributed by atoms with Gasteiger partial charge in [0, 0.05) is 18.0 Å². The van der Waals surface area contributed by atoms with E-state index in [9.17, 15) is 0 Å². The molecule has 156 valence electrons. The van der Waals surface area contributed by atoms with Gasteiger partial charge in [0.25, 0.3) is 0 Å². The van der Waals surface area contributed by atoms with Gasteiger partial charge in [-0.15, -0.1) is 16.4 Å².